The maximum absolute atomic E-state index is 12.4. The lowest BCUT2D eigenvalue weighted by atomic mass is 10.0. The quantitative estimate of drug-likeness (QED) is 0.881. The smallest absolute Gasteiger partial charge is 0.255 e. The van der Waals surface area contributed by atoms with Crippen LogP contribution in [0.5, 0.6) is 0 Å². The lowest BCUT2D eigenvalue weighted by Crippen LogP contribution is -2.34. The molecule has 0 aliphatic heterocycles. The number of nitrogens with two attached hydrogens (primary N) is 1. The van der Waals surface area contributed by atoms with Crippen molar-refractivity contribution in [2.75, 3.05) is 5.73 Å². The number of nitrogens with one attached hydrogen (secondary N) is 1. The minimum Gasteiger partial charge on any atom is -0.368 e. The van der Waals surface area contributed by atoms with Crippen LogP contribution in [0.3, 0.4) is 0 Å². The average Bonchev–Trinajstić information content (AvgIpc) is 2.81. The van der Waals surface area contributed by atoms with Crippen molar-refractivity contribution in [2.24, 2.45) is 13.0 Å². The van der Waals surface area contributed by atoms with Crippen LogP contribution in [0.4, 0.5) is 5.95 Å². The molecule has 2 rings (SSSR count). The number of carbonyl (C=O) groups excluding carboxylic acids is 1. The summed E-state index contributed by atoms with van der Waals surface area (Å²) in [6.45, 7) is 5.80. The largest absolute Gasteiger partial charge is 0.368 e. The van der Waals surface area contributed by atoms with Crippen LogP contribution in [0, 0.1) is 12.8 Å². The first-order valence-corrected chi connectivity index (χ1v) is 6.77. The van der Waals surface area contributed by atoms with Crippen molar-refractivity contribution in [1.29, 1.82) is 0 Å². The van der Waals surface area contributed by atoms with E-state index in [1.165, 1.54) is 6.20 Å². The number of rotatable bonds is 4. The van der Waals surface area contributed by atoms with Gasteiger partial charge in [-0.25, -0.2) is 15.0 Å². The predicted octanol–water partition coefficient (Wildman–Crippen LogP) is 1.23. The molecule has 0 aliphatic rings. The van der Waals surface area contributed by atoms with Crippen molar-refractivity contribution >= 4 is 11.9 Å². The average molecular weight is 288 g/mol. The number of hydrogen-bond donors (Lipinski definition) is 2. The van der Waals surface area contributed by atoms with Gasteiger partial charge in [-0.15, -0.1) is 0 Å². The van der Waals surface area contributed by atoms with Crippen molar-refractivity contribution in [3.63, 3.8) is 0 Å². The van der Waals surface area contributed by atoms with Gasteiger partial charge in [0, 0.05) is 25.6 Å². The van der Waals surface area contributed by atoms with Gasteiger partial charge in [-0.1, -0.05) is 13.8 Å². The van der Waals surface area contributed by atoms with Crippen LogP contribution in [0.25, 0.3) is 0 Å². The second kappa shape index (κ2) is 5.90. The first-order valence-electron chi connectivity index (χ1n) is 6.77. The molecule has 2 aromatic heterocycles. The Morgan fingerprint density at radius 3 is 2.62 bits per heavy atom. The molecular weight excluding hydrogens is 268 g/mol. The number of aryl methyl sites for hydroxylation is 2. The fraction of sp³-hybridized carbons (Fsp3) is 0.429. The Bertz CT molecular complexity index is 649. The van der Waals surface area contributed by atoms with E-state index < -0.39 is 0 Å². The Hall–Kier alpha value is -2.44. The van der Waals surface area contributed by atoms with Gasteiger partial charge in [-0.05, 0) is 12.8 Å². The van der Waals surface area contributed by atoms with Crippen molar-refractivity contribution in [2.45, 2.75) is 26.8 Å². The van der Waals surface area contributed by atoms with Crippen molar-refractivity contribution in [1.82, 2.24) is 24.8 Å². The summed E-state index contributed by atoms with van der Waals surface area (Å²) in [6, 6.07) is -0.186. The molecule has 1 atom stereocenters. The summed E-state index contributed by atoms with van der Waals surface area (Å²) in [5.74, 6) is 0.945. The molecule has 2 aromatic rings. The minimum absolute atomic E-state index is 0.161. The normalized spacial score (nSPS) is 12.4. The molecule has 0 saturated carbocycles. The first kappa shape index (κ1) is 15.0. The maximum atomic E-state index is 12.4. The van der Waals surface area contributed by atoms with E-state index in [0.717, 1.165) is 5.82 Å². The molecule has 7 nitrogen and oxygen atoms in total. The maximum Gasteiger partial charge on any atom is 0.255 e. The zero-order chi connectivity index (χ0) is 15.6. The molecular formula is C14H20N6O. The molecule has 0 fully saturated rings. The Morgan fingerprint density at radius 1 is 1.38 bits per heavy atom. The van der Waals surface area contributed by atoms with Crippen LogP contribution in [-0.4, -0.2) is 25.4 Å². The number of imidazole rings is 1. The summed E-state index contributed by atoms with van der Waals surface area (Å²) in [5.41, 5.74) is 6.49. The van der Waals surface area contributed by atoms with Gasteiger partial charge in [0.1, 0.15) is 5.82 Å². The second-order valence-electron chi connectivity index (χ2n) is 5.32. The lowest BCUT2D eigenvalue weighted by molar-refractivity contribution is 0.0921. The van der Waals surface area contributed by atoms with Crippen molar-refractivity contribution in [3.8, 4) is 0 Å². The minimum atomic E-state index is -0.228. The lowest BCUT2D eigenvalue weighted by Gasteiger charge is -2.22. The van der Waals surface area contributed by atoms with Gasteiger partial charge >= 0.3 is 0 Å². The fourth-order valence-electron chi connectivity index (χ4n) is 2.13. The van der Waals surface area contributed by atoms with Gasteiger partial charge < -0.3 is 15.6 Å². The second-order valence-corrected chi connectivity index (χ2v) is 5.32. The molecule has 1 amide bonds. The van der Waals surface area contributed by atoms with Crippen molar-refractivity contribution < 1.29 is 4.79 Å². The number of aromatic nitrogens is 4. The third-order valence-corrected chi connectivity index (χ3v) is 3.33. The Labute approximate surface area is 123 Å². The van der Waals surface area contributed by atoms with Gasteiger partial charge in [0.05, 0.1) is 17.3 Å². The number of anilines is 1. The highest BCUT2D eigenvalue weighted by Crippen LogP contribution is 2.20. The van der Waals surface area contributed by atoms with E-state index in [1.54, 1.807) is 13.1 Å². The van der Waals surface area contributed by atoms with Crippen molar-refractivity contribution in [3.05, 3.63) is 35.7 Å². The number of amides is 1. The van der Waals surface area contributed by atoms with Gasteiger partial charge in [-0.2, -0.15) is 0 Å². The Morgan fingerprint density at radius 2 is 2.10 bits per heavy atom. The Balaban J connectivity index is 2.25. The van der Waals surface area contributed by atoms with Gasteiger partial charge in [0.25, 0.3) is 5.91 Å². The summed E-state index contributed by atoms with van der Waals surface area (Å²) < 4.78 is 1.90. The number of nitrogen functional groups attached to an aromatic ring is 1. The SMILES string of the molecule is Cc1nc(N)ncc1C(=O)NC(c1nccn1C)C(C)C. The predicted molar refractivity (Wildman–Crippen MR) is 79.4 cm³/mol. The topological polar surface area (TPSA) is 98.7 Å². The standard InChI is InChI=1S/C14H20N6O/c1-8(2)11(12-16-5-6-20(12)4)19-13(21)10-7-17-14(15)18-9(10)3/h5-8,11H,1-4H3,(H,19,21)(H2,15,17,18). The molecule has 1 unspecified atom stereocenters. The van der Waals surface area contributed by atoms with E-state index >= 15 is 0 Å². The highest BCUT2D eigenvalue weighted by atomic mass is 16.1. The molecule has 3 N–H and O–H groups in total. The summed E-state index contributed by atoms with van der Waals surface area (Å²) in [4.78, 5) is 24.6. The van der Waals surface area contributed by atoms with Crippen LogP contribution in [-0.2, 0) is 7.05 Å². The van der Waals surface area contributed by atoms with E-state index in [2.05, 4.69) is 20.3 Å². The fourth-order valence-corrected chi connectivity index (χ4v) is 2.13. The van der Waals surface area contributed by atoms with E-state index in [9.17, 15) is 4.79 Å². The zero-order valence-corrected chi connectivity index (χ0v) is 12.7. The molecule has 0 aromatic carbocycles. The summed E-state index contributed by atoms with van der Waals surface area (Å²) in [6.07, 6.45) is 5.02. The van der Waals surface area contributed by atoms with Gasteiger partial charge in [0.15, 0.2) is 0 Å². The highest BCUT2D eigenvalue weighted by Gasteiger charge is 2.23. The molecule has 0 spiro atoms. The Kier molecular flexibility index (Phi) is 4.21. The molecule has 112 valence electrons. The van der Waals surface area contributed by atoms with Crippen LogP contribution >= 0.6 is 0 Å². The molecule has 0 radical (unpaired) electrons. The van der Waals surface area contributed by atoms with Crippen LogP contribution < -0.4 is 11.1 Å². The number of hydrogen-bond acceptors (Lipinski definition) is 5. The van der Waals surface area contributed by atoms with E-state index in [1.807, 2.05) is 31.7 Å². The summed E-state index contributed by atoms with van der Waals surface area (Å²) in [5, 5.41) is 2.99. The van der Waals surface area contributed by atoms with E-state index in [0.29, 0.717) is 11.3 Å². The number of nitrogens with zero attached hydrogens (tertiary/aromatic N) is 4. The van der Waals surface area contributed by atoms with Crippen LogP contribution in [0.15, 0.2) is 18.6 Å². The number of carbonyl (C=O) groups is 1. The molecule has 2 heterocycles. The zero-order valence-electron chi connectivity index (χ0n) is 12.7. The highest BCUT2D eigenvalue weighted by molar-refractivity contribution is 5.95. The molecule has 0 bridgehead atoms. The summed E-state index contributed by atoms with van der Waals surface area (Å²) >= 11 is 0. The van der Waals surface area contributed by atoms with Crippen LogP contribution in [0.2, 0.25) is 0 Å². The van der Waals surface area contributed by atoms with Gasteiger partial charge in [-0.3, -0.25) is 4.79 Å². The molecule has 0 saturated heterocycles. The third kappa shape index (κ3) is 3.18. The molecule has 7 heteroatoms. The molecule has 21 heavy (non-hydrogen) atoms. The van der Waals surface area contributed by atoms with Crippen LogP contribution in [0.1, 0.15) is 41.8 Å². The van der Waals surface area contributed by atoms with E-state index in [4.69, 9.17) is 5.73 Å². The van der Waals surface area contributed by atoms with Gasteiger partial charge in [0.2, 0.25) is 5.95 Å². The van der Waals surface area contributed by atoms with E-state index in [-0.39, 0.29) is 23.8 Å². The monoisotopic (exact) mass is 288 g/mol. The molecule has 0 aliphatic carbocycles. The summed E-state index contributed by atoms with van der Waals surface area (Å²) in [7, 11) is 1.90. The first-order chi connectivity index (χ1) is 9.90. The third-order valence-electron chi connectivity index (χ3n) is 3.33.